The van der Waals surface area contributed by atoms with E-state index < -0.39 is 5.91 Å². The summed E-state index contributed by atoms with van der Waals surface area (Å²) in [5.41, 5.74) is 11.9. The van der Waals surface area contributed by atoms with Gasteiger partial charge < -0.3 is 15.6 Å². The highest BCUT2D eigenvalue weighted by Gasteiger charge is 2.12. The maximum atomic E-state index is 11.3. The number of hydrogen-bond acceptors (Lipinski definition) is 2. The normalized spacial score (nSPS) is 11.4. The summed E-state index contributed by atoms with van der Waals surface area (Å²) in [4.78, 5) is 11.3. The van der Waals surface area contributed by atoms with Crippen molar-refractivity contribution in [2.75, 3.05) is 6.54 Å². The van der Waals surface area contributed by atoms with Crippen LogP contribution in [-0.4, -0.2) is 17.0 Å². The van der Waals surface area contributed by atoms with Crippen LogP contribution in [0.25, 0.3) is 22.0 Å². The number of nitrogens with zero attached hydrogens (tertiary/aromatic N) is 1. The molecule has 0 fully saturated rings. The summed E-state index contributed by atoms with van der Waals surface area (Å²) >= 11 is 0. The van der Waals surface area contributed by atoms with Gasteiger partial charge in [0.15, 0.2) is 0 Å². The monoisotopic (exact) mass is 349 g/mol. The molecule has 0 unspecified atom stereocenters. The molecule has 1 heterocycles. The SMILES string of the molecule is Cc1c(-c2ccc(C(N)=O)cc2)ccc2cc(CNCC(C)C)n(C)c12. The largest absolute Gasteiger partial charge is 0.366 e. The van der Waals surface area contributed by atoms with Crippen LogP contribution in [0.1, 0.15) is 35.5 Å². The first-order valence-electron chi connectivity index (χ1n) is 9.07. The van der Waals surface area contributed by atoms with Crippen LogP contribution >= 0.6 is 0 Å². The van der Waals surface area contributed by atoms with Gasteiger partial charge in [0, 0.05) is 30.2 Å². The first kappa shape index (κ1) is 18.2. The molecule has 1 amide bonds. The van der Waals surface area contributed by atoms with E-state index in [2.05, 4.69) is 55.9 Å². The molecule has 3 N–H and O–H groups in total. The molecule has 4 heteroatoms. The van der Waals surface area contributed by atoms with Crippen LogP contribution in [0.4, 0.5) is 0 Å². The fraction of sp³-hybridized carbons (Fsp3) is 0.318. The van der Waals surface area contributed by atoms with Gasteiger partial charge in [0.1, 0.15) is 0 Å². The predicted octanol–water partition coefficient (Wildman–Crippen LogP) is 4.00. The molecule has 1 aromatic heterocycles. The third-order valence-corrected chi connectivity index (χ3v) is 4.89. The zero-order chi connectivity index (χ0) is 18.8. The van der Waals surface area contributed by atoms with E-state index in [1.807, 2.05) is 12.1 Å². The van der Waals surface area contributed by atoms with Gasteiger partial charge in [-0.1, -0.05) is 38.1 Å². The zero-order valence-electron chi connectivity index (χ0n) is 16.0. The van der Waals surface area contributed by atoms with E-state index in [1.54, 1.807) is 12.1 Å². The van der Waals surface area contributed by atoms with E-state index in [4.69, 9.17) is 5.73 Å². The summed E-state index contributed by atoms with van der Waals surface area (Å²) in [7, 11) is 2.13. The molecule has 4 nitrogen and oxygen atoms in total. The summed E-state index contributed by atoms with van der Waals surface area (Å²) in [6.07, 6.45) is 0. The van der Waals surface area contributed by atoms with Gasteiger partial charge in [-0.05, 0) is 54.3 Å². The van der Waals surface area contributed by atoms with E-state index in [9.17, 15) is 4.79 Å². The van der Waals surface area contributed by atoms with Crippen molar-refractivity contribution in [3.63, 3.8) is 0 Å². The van der Waals surface area contributed by atoms with Crippen molar-refractivity contribution in [2.45, 2.75) is 27.3 Å². The van der Waals surface area contributed by atoms with Crippen molar-refractivity contribution in [2.24, 2.45) is 18.7 Å². The van der Waals surface area contributed by atoms with E-state index in [0.29, 0.717) is 11.5 Å². The van der Waals surface area contributed by atoms with Gasteiger partial charge in [-0.15, -0.1) is 0 Å². The molecule has 0 saturated heterocycles. The van der Waals surface area contributed by atoms with Crippen LogP contribution in [0.15, 0.2) is 42.5 Å². The van der Waals surface area contributed by atoms with Gasteiger partial charge in [-0.3, -0.25) is 4.79 Å². The van der Waals surface area contributed by atoms with Crippen LogP contribution < -0.4 is 11.1 Å². The molecule has 0 saturated carbocycles. The molecule has 26 heavy (non-hydrogen) atoms. The lowest BCUT2D eigenvalue weighted by atomic mass is 9.97. The number of hydrogen-bond donors (Lipinski definition) is 2. The maximum absolute atomic E-state index is 11.3. The quantitative estimate of drug-likeness (QED) is 0.707. The predicted molar refractivity (Wildman–Crippen MR) is 108 cm³/mol. The van der Waals surface area contributed by atoms with Crippen molar-refractivity contribution in [3.8, 4) is 11.1 Å². The number of aromatic nitrogens is 1. The van der Waals surface area contributed by atoms with Crippen LogP contribution in [0.5, 0.6) is 0 Å². The summed E-state index contributed by atoms with van der Waals surface area (Å²) in [5.74, 6) is 0.242. The van der Waals surface area contributed by atoms with Crippen LogP contribution in [0, 0.1) is 12.8 Å². The number of benzene rings is 2. The summed E-state index contributed by atoms with van der Waals surface area (Å²) < 4.78 is 2.28. The minimum absolute atomic E-state index is 0.398. The van der Waals surface area contributed by atoms with Crippen molar-refractivity contribution in [1.29, 1.82) is 0 Å². The molecule has 0 atom stereocenters. The molecule has 2 aromatic carbocycles. The molecule has 0 bridgehead atoms. The lowest BCUT2D eigenvalue weighted by Gasteiger charge is -2.12. The Morgan fingerprint density at radius 1 is 1.15 bits per heavy atom. The minimum atomic E-state index is -0.398. The smallest absolute Gasteiger partial charge is 0.248 e. The van der Waals surface area contributed by atoms with Gasteiger partial charge in [-0.25, -0.2) is 0 Å². The second-order valence-corrected chi connectivity index (χ2v) is 7.34. The minimum Gasteiger partial charge on any atom is -0.366 e. The second-order valence-electron chi connectivity index (χ2n) is 7.34. The number of primary amides is 1. The first-order valence-corrected chi connectivity index (χ1v) is 9.07. The number of aryl methyl sites for hydroxylation is 2. The second kappa shape index (κ2) is 7.34. The van der Waals surface area contributed by atoms with Gasteiger partial charge in [-0.2, -0.15) is 0 Å². The van der Waals surface area contributed by atoms with Gasteiger partial charge in [0.25, 0.3) is 0 Å². The number of fused-ring (bicyclic) bond motifs is 1. The Labute approximate surface area is 155 Å². The Bertz CT molecular complexity index is 936. The van der Waals surface area contributed by atoms with Gasteiger partial charge in [0.05, 0.1) is 5.52 Å². The van der Waals surface area contributed by atoms with E-state index in [1.165, 1.54) is 27.7 Å². The molecule has 136 valence electrons. The van der Waals surface area contributed by atoms with Gasteiger partial charge in [0.2, 0.25) is 5.91 Å². The average molecular weight is 349 g/mol. The standard InChI is InChI=1S/C22H27N3O/c1-14(2)12-24-13-19-11-18-9-10-20(15(3)21(18)25(19)4)16-5-7-17(8-6-16)22(23)26/h5-11,14,24H,12-13H2,1-4H3,(H2,23,26). The first-order chi connectivity index (χ1) is 12.4. The van der Waals surface area contributed by atoms with Gasteiger partial charge >= 0.3 is 0 Å². The van der Waals surface area contributed by atoms with Crippen molar-refractivity contribution >= 4 is 16.8 Å². The van der Waals surface area contributed by atoms with E-state index in [0.717, 1.165) is 18.7 Å². The van der Waals surface area contributed by atoms with Crippen LogP contribution in [-0.2, 0) is 13.6 Å². The third-order valence-electron chi connectivity index (χ3n) is 4.89. The Morgan fingerprint density at radius 3 is 2.46 bits per heavy atom. The molecule has 3 rings (SSSR count). The number of nitrogens with two attached hydrogens (primary N) is 1. The summed E-state index contributed by atoms with van der Waals surface area (Å²) in [5, 5.41) is 4.77. The maximum Gasteiger partial charge on any atom is 0.248 e. The molecule has 0 spiro atoms. The summed E-state index contributed by atoms with van der Waals surface area (Å²) in [6, 6.07) is 14.1. The highest BCUT2D eigenvalue weighted by Crippen LogP contribution is 2.31. The number of rotatable bonds is 6. The fourth-order valence-electron chi connectivity index (χ4n) is 3.49. The summed E-state index contributed by atoms with van der Waals surface area (Å²) in [6.45, 7) is 8.47. The molecule has 0 radical (unpaired) electrons. The number of nitrogens with one attached hydrogen (secondary N) is 1. The van der Waals surface area contributed by atoms with Crippen molar-refractivity contribution in [1.82, 2.24) is 9.88 Å². The Hall–Kier alpha value is -2.59. The highest BCUT2D eigenvalue weighted by molar-refractivity contribution is 5.94. The molecule has 0 aliphatic carbocycles. The Morgan fingerprint density at radius 2 is 1.85 bits per heavy atom. The molecular weight excluding hydrogens is 322 g/mol. The van der Waals surface area contributed by atoms with Crippen molar-refractivity contribution in [3.05, 3.63) is 59.3 Å². The Balaban J connectivity index is 1.97. The topological polar surface area (TPSA) is 60.1 Å². The number of carbonyl (C=O) groups is 1. The van der Waals surface area contributed by atoms with E-state index in [-0.39, 0.29) is 0 Å². The highest BCUT2D eigenvalue weighted by atomic mass is 16.1. The van der Waals surface area contributed by atoms with Crippen LogP contribution in [0.3, 0.4) is 0 Å². The fourth-order valence-corrected chi connectivity index (χ4v) is 3.49. The molecule has 0 aliphatic heterocycles. The molecular formula is C22H27N3O. The van der Waals surface area contributed by atoms with Crippen molar-refractivity contribution < 1.29 is 4.79 Å². The number of carbonyl (C=O) groups excluding carboxylic acids is 1. The van der Waals surface area contributed by atoms with E-state index >= 15 is 0 Å². The van der Waals surface area contributed by atoms with Crippen LogP contribution in [0.2, 0.25) is 0 Å². The lowest BCUT2D eigenvalue weighted by molar-refractivity contribution is 0.100. The average Bonchev–Trinajstić information content (AvgIpc) is 2.92. The molecule has 0 aliphatic rings. The number of amides is 1. The lowest BCUT2D eigenvalue weighted by Crippen LogP contribution is -2.20. The Kier molecular flexibility index (Phi) is 5.14. The third kappa shape index (κ3) is 3.51. The molecule has 3 aromatic rings. The zero-order valence-corrected chi connectivity index (χ0v) is 16.0.